The van der Waals surface area contributed by atoms with Crippen molar-refractivity contribution in [3.8, 4) is 11.3 Å². The molecule has 0 bridgehead atoms. The summed E-state index contributed by atoms with van der Waals surface area (Å²) in [6.07, 6.45) is 6.51. The number of imidazole rings is 1. The van der Waals surface area contributed by atoms with Crippen LogP contribution in [0.15, 0.2) is 60.9 Å². The number of carbonyl (C=O) groups excluding carboxylic acids is 2. The number of rotatable bonds is 4. The lowest BCUT2D eigenvalue weighted by Crippen LogP contribution is -2.39. The van der Waals surface area contributed by atoms with Gasteiger partial charge in [0.15, 0.2) is 0 Å². The number of aliphatic hydroxyl groups excluding tert-OH is 1. The molecule has 4 heterocycles. The van der Waals surface area contributed by atoms with Gasteiger partial charge >= 0.3 is 6.03 Å². The average Bonchev–Trinajstić information content (AvgIpc) is 3.58. The van der Waals surface area contributed by atoms with Crippen LogP contribution < -0.4 is 5.32 Å². The molecule has 2 aliphatic heterocycles. The molecule has 41 heavy (non-hydrogen) atoms. The van der Waals surface area contributed by atoms with Crippen molar-refractivity contribution >= 4 is 23.3 Å². The minimum absolute atomic E-state index is 0.0113. The van der Waals surface area contributed by atoms with E-state index in [0.717, 1.165) is 30.5 Å². The minimum Gasteiger partial charge on any atom is -0.391 e. The number of benzene rings is 2. The van der Waals surface area contributed by atoms with Gasteiger partial charge in [0, 0.05) is 43.3 Å². The van der Waals surface area contributed by atoms with Crippen molar-refractivity contribution in [2.75, 3.05) is 25.0 Å². The molecular formula is C32H32FN5O3. The zero-order chi connectivity index (χ0) is 28.2. The van der Waals surface area contributed by atoms with Crippen LogP contribution in [0.1, 0.15) is 65.2 Å². The second-order valence-corrected chi connectivity index (χ2v) is 11.5. The fourth-order valence-corrected chi connectivity index (χ4v) is 6.21. The van der Waals surface area contributed by atoms with Crippen LogP contribution in [0, 0.1) is 5.82 Å². The molecule has 8 nitrogen and oxygen atoms in total. The molecule has 210 valence electrons. The first-order valence-corrected chi connectivity index (χ1v) is 14.3. The van der Waals surface area contributed by atoms with E-state index >= 15 is 4.39 Å². The molecule has 3 aliphatic rings. The first kappa shape index (κ1) is 25.7. The Labute approximate surface area is 237 Å². The van der Waals surface area contributed by atoms with Crippen LogP contribution in [0.3, 0.4) is 0 Å². The molecule has 0 unspecified atom stereocenters. The highest BCUT2D eigenvalue weighted by Crippen LogP contribution is 2.43. The summed E-state index contributed by atoms with van der Waals surface area (Å²) in [7, 11) is 0. The number of pyridine rings is 1. The van der Waals surface area contributed by atoms with Crippen LogP contribution in [0.2, 0.25) is 0 Å². The Morgan fingerprint density at radius 2 is 1.85 bits per heavy atom. The van der Waals surface area contributed by atoms with E-state index in [0.29, 0.717) is 47.9 Å². The number of nitrogens with one attached hydrogen (secondary N) is 1. The lowest BCUT2D eigenvalue weighted by atomic mass is 9.93. The first-order chi connectivity index (χ1) is 19.9. The van der Waals surface area contributed by atoms with E-state index in [4.69, 9.17) is 4.98 Å². The van der Waals surface area contributed by atoms with E-state index in [1.165, 1.54) is 22.1 Å². The fraction of sp³-hybridized carbons (Fsp3) is 0.344. The molecular weight excluding hydrogens is 521 g/mol. The topological polar surface area (TPSA) is 90.2 Å². The number of anilines is 1. The maximum absolute atomic E-state index is 15.3. The predicted molar refractivity (Wildman–Crippen MR) is 153 cm³/mol. The van der Waals surface area contributed by atoms with Gasteiger partial charge in [-0.25, -0.2) is 14.2 Å². The normalized spacial score (nSPS) is 20.4. The van der Waals surface area contributed by atoms with Crippen molar-refractivity contribution in [1.29, 1.82) is 0 Å². The lowest BCUT2D eigenvalue weighted by molar-refractivity contribution is 0.0677. The monoisotopic (exact) mass is 553 g/mol. The zero-order valence-electron chi connectivity index (χ0n) is 22.9. The third kappa shape index (κ3) is 4.74. The van der Waals surface area contributed by atoms with Crippen molar-refractivity contribution in [2.45, 2.75) is 50.7 Å². The van der Waals surface area contributed by atoms with Crippen LogP contribution in [-0.2, 0) is 6.42 Å². The number of aromatic nitrogens is 2. The standard InChI is InChI=1S/C32H32FN5O3/c1-19-25-5-3-2-4-20(25)10-13-38(19)31(40)22-14-27(21-6-7-21)30-35-29(18-37(30)16-22)26-9-8-23(15-28(26)33)34-32(41)36-12-11-24(39)17-36/h2-5,8-9,14-16,18-19,21,24,39H,6-7,10-13,17H2,1H3,(H,34,41)/t19-,24+/m1/s1. The van der Waals surface area contributed by atoms with Crippen LogP contribution in [0.4, 0.5) is 14.9 Å². The highest BCUT2D eigenvalue weighted by Gasteiger charge is 2.32. The van der Waals surface area contributed by atoms with E-state index in [1.54, 1.807) is 18.3 Å². The number of fused-ring (bicyclic) bond motifs is 2. The number of amides is 3. The largest absolute Gasteiger partial charge is 0.391 e. The Bertz CT molecular complexity index is 1680. The fourth-order valence-electron chi connectivity index (χ4n) is 6.21. The van der Waals surface area contributed by atoms with Crippen LogP contribution >= 0.6 is 0 Å². The summed E-state index contributed by atoms with van der Waals surface area (Å²) in [5, 5.41) is 12.4. The van der Waals surface area contributed by atoms with Crippen molar-refractivity contribution in [3.63, 3.8) is 0 Å². The molecule has 3 amide bonds. The number of likely N-dealkylation sites (tertiary alicyclic amines) is 1. The number of hydrogen-bond donors (Lipinski definition) is 2. The number of hydrogen-bond acceptors (Lipinski definition) is 4. The first-order valence-electron chi connectivity index (χ1n) is 14.3. The summed E-state index contributed by atoms with van der Waals surface area (Å²) in [6.45, 7) is 3.47. The van der Waals surface area contributed by atoms with Gasteiger partial charge in [-0.1, -0.05) is 24.3 Å². The van der Waals surface area contributed by atoms with Gasteiger partial charge in [-0.05, 0) is 79.5 Å². The van der Waals surface area contributed by atoms with E-state index < -0.39 is 11.9 Å². The Balaban J connectivity index is 1.17. The van der Waals surface area contributed by atoms with E-state index in [1.807, 2.05) is 33.7 Å². The quantitative estimate of drug-likeness (QED) is 0.355. The van der Waals surface area contributed by atoms with Gasteiger partial charge in [0.2, 0.25) is 0 Å². The number of urea groups is 1. The third-order valence-electron chi connectivity index (χ3n) is 8.65. The predicted octanol–water partition coefficient (Wildman–Crippen LogP) is 5.38. The highest BCUT2D eigenvalue weighted by atomic mass is 19.1. The SMILES string of the molecule is C[C@@H]1c2ccccc2CCN1C(=O)c1cc(C2CC2)c2nc(-c3ccc(NC(=O)N4CC[C@H](O)C4)cc3F)cn2c1. The minimum atomic E-state index is -0.522. The number of aliphatic hydroxyl groups is 1. The van der Waals surface area contributed by atoms with Crippen molar-refractivity contribution in [1.82, 2.24) is 19.2 Å². The molecule has 0 spiro atoms. The van der Waals surface area contributed by atoms with Gasteiger partial charge in [0.25, 0.3) is 5.91 Å². The van der Waals surface area contributed by atoms with Gasteiger partial charge in [0.1, 0.15) is 11.5 Å². The Morgan fingerprint density at radius 3 is 2.61 bits per heavy atom. The van der Waals surface area contributed by atoms with E-state index in [2.05, 4.69) is 24.4 Å². The molecule has 4 aromatic rings. The van der Waals surface area contributed by atoms with Crippen LogP contribution in [0.25, 0.3) is 16.9 Å². The van der Waals surface area contributed by atoms with Gasteiger partial charge < -0.3 is 24.6 Å². The molecule has 2 aromatic carbocycles. The smallest absolute Gasteiger partial charge is 0.321 e. The molecule has 9 heteroatoms. The molecule has 7 rings (SSSR count). The maximum atomic E-state index is 15.3. The molecule has 1 saturated carbocycles. The summed E-state index contributed by atoms with van der Waals surface area (Å²) in [6, 6.07) is 14.4. The zero-order valence-corrected chi connectivity index (χ0v) is 22.9. The maximum Gasteiger partial charge on any atom is 0.321 e. The average molecular weight is 554 g/mol. The summed E-state index contributed by atoms with van der Waals surface area (Å²) in [5.74, 6) is -0.174. The second kappa shape index (κ2) is 9.99. The Kier molecular flexibility index (Phi) is 6.27. The summed E-state index contributed by atoms with van der Waals surface area (Å²) in [4.78, 5) is 34.5. The molecule has 2 aromatic heterocycles. The Morgan fingerprint density at radius 1 is 1.02 bits per heavy atom. The van der Waals surface area contributed by atoms with Crippen molar-refractivity contribution in [3.05, 3.63) is 89.0 Å². The second-order valence-electron chi connectivity index (χ2n) is 11.5. The Hall–Kier alpha value is -4.24. The number of carbonyl (C=O) groups is 2. The van der Waals surface area contributed by atoms with E-state index in [9.17, 15) is 14.7 Å². The molecule has 1 aliphatic carbocycles. The highest BCUT2D eigenvalue weighted by molar-refractivity contribution is 5.95. The van der Waals surface area contributed by atoms with Crippen LogP contribution in [0.5, 0.6) is 0 Å². The van der Waals surface area contributed by atoms with Gasteiger partial charge in [-0.15, -0.1) is 0 Å². The van der Waals surface area contributed by atoms with Gasteiger partial charge in [-0.3, -0.25) is 4.79 Å². The van der Waals surface area contributed by atoms with Crippen molar-refractivity contribution < 1.29 is 19.1 Å². The van der Waals surface area contributed by atoms with E-state index in [-0.39, 0.29) is 24.5 Å². The number of halogens is 1. The van der Waals surface area contributed by atoms with Gasteiger partial charge in [0.05, 0.1) is 23.4 Å². The third-order valence-corrected chi connectivity index (χ3v) is 8.65. The summed E-state index contributed by atoms with van der Waals surface area (Å²) in [5.41, 5.74) is 5.97. The van der Waals surface area contributed by atoms with Gasteiger partial charge in [-0.2, -0.15) is 0 Å². The summed E-state index contributed by atoms with van der Waals surface area (Å²) >= 11 is 0. The molecule has 0 radical (unpaired) electrons. The lowest BCUT2D eigenvalue weighted by Gasteiger charge is -2.35. The molecule has 1 saturated heterocycles. The molecule has 2 fully saturated rings. The number of β-amino-alcohol motifs (C(OH)–C–C–N with tert-alkyl or cyclic N) is 1. The van der Waals surface area contributed by atoms with Crippen molar-refractivity contribution in [2.24, 2.45) is 0 Å². The molecule has 2 N–H and O–H groups in total. The summed E-state index contributed by atoms with van der Waals surface area (Å²) < 4.78 is 17.2. The van der Waals surface area contributed by atoms with Crippen LogP contribution in [-0.4, -0.2) is 62.0 Å². The number of nitrogens with zero attached hydrogens (tertiary/aromatic N) is 4. The molecule has 2 atom stereocenters.